The van der Waals surface area contributed by atoms with E-state index in [0.717, 1.165) is 6.42 Å². The van der Waals surface area contributed by atoms with Crippen molar-refractivity contribution < 1.29 is 14.6 Å². The van der Waals surface area contributed by atoms with E-state index in [4.69, 9.17) is 16.3 Å². The molecule has 0 aliphatic carbocycles. The molecule has 14 heavy (non-hydrogen) atoms. The summed E-state index contributed by atoms with van der Waals surface area (Å²) < 4.78 is 5.25. The first-order valence-electron chi connectivity index (χ1n) is 4.29. The molecule has 1 aromatic carbocycles. The molecule has 0 fully saturated rings. The average Bonchev–Trinajstić information content (AvgIpc) is 2.16. The molecule has 0 saturated heterocycles. The Morgan fingerprint density at radius 2 is 2.29 bits per heavy atom. The van der Waals surface area contributed by atoms with Crippen LogP contribution in [0.5, 0.6) is 5.75 Å². The number of carboxylic acid groups (broad SMARTS) is 1. The maximum Gasteiger partial charge on any atom is 0.138 e. The van der Waals surface area contributed by atoms with Crippen molar-refractivity contribution in [2.75, 3.05) is 6.61 Å². The van der Waals surface area contributed by atoms with Crippen LogP contribution in [-0.2, 0) is 0 Å². The smallest absolute Gasteiger partial charge is 0.138 e. The Kier molecular flexibility index (Phi) is 3.77. The van der Waals surface area contributed by atoms with Crippen molar-refractivity contribution in [1.29, 1.82) is 0 Å². The van der Waals surface area contributed by atoms with Crippen LogP contribution in [0.25, 0.3) is 0 Å². The maximum absolute atomic E-state index is 10.5. The Bertz CT molecular complexity index is 336. The van der Waals surface area contributed by atoms with Crippen LogP contribution in [-0.4, -0.2) is 12.6 Å². The lowest BCUT2D eigenvalue weighted by Crippen LogP contribution is -2.22. The first-order chi connectivity index (χ1) is 6.65. The standard InChI is InChI=1S/C10H11ClO3/c1-2-5-14-9-6-7(10(12)13)3-4-8(9)11/h3-4,6H,2,5H2,1H3,(H,12,13)/p-1. The Balaban J connectivity index is 2.90. The van der Waals surface area contributed by atoms with Gasteiger partial charge in [-0.05, 0) is 18.6 Å². The van der Waals surface area contributed by atoms with Gasteiger partial charge in [-0.25, -0.2) is 0 Å². The minimum Gasteiger partial charge on any atom is -0.545 e. The van der Waals surface area contributed by atoms with Crippen molar-refractivity contribution in [3.63, 3.8) is 0 Å². The quantitative estimate of drug-likeness (QED) is 0.762. The van der Waals surface area contributed by atoms with E-state index in [1.807, 2.05) is 6.92 Å². The van der Waals surface area contributed by atoms with E-state index in [9.17, 15) is 9.90 Å². The number of carbonyl (C=O) groups excluding carboxylic acids is 1. The largest absolute Gasteiger partial charge is 0.545 e. The SMILES string of the molecule is CCCOc1cc(C(=O)[O-])ccc1Cl. The van der Waals surface area contributed by atoms with Crippen LogP contribution in [0.3, 0.4) is 0 Å². The van der Waals surface area contributed by atoms with Gasteiger partial charge >= 0.3 is 0 Å². The molecule has 3 nitrogen and oxygen atoms in total. The summed E-state index contributed by atoms with van der Waals surface area (Å²) in [5, 5.41) is 10.9. The van der Waals surface area contributed by atoms with E-state index in [-0.39, 0.29) is 5.56 Å². The van der Waals surface area contributed by atoms with Crippen molar-refractivity contribution in [3.05, 3.63) is 28.8 Å². The first-order valence-corrected chi connectivity index (χ1v) is 4.66. The molecule has 0 aliphatic rings. The van der Waals surface area contributed by atoms with Gasteiger partial charge in [0.2, 0.25) is 0 Å². The van der Waals surface area contributed by atoms with E-state index < -0.39 is 5.97 Å². The highest BCUT2D eigenvalue weighted by Crippen LogP contribution is 2.25. The zero-order valence-corrected chi connectivity index (χ0v) is 8.50. The third-order valence-electron chi connectivity index (χ3n) is 1.63. The van der Waals surface area contributed by atoms with Crippen molar-refractivity contribution >= 4 is 17.6 Å². The molecule has 0 unspecified atom stereocenters. The molecule has 0 amide bonds. The Morgan fingerprint density at radius 1 is 1.57 bits per heavy atom. The van der Waals surface area contributed by atoms with Crippen molar-refractivity contribution in [1.82, 2.24) is 0 Å². The number of halogens is 1. The number of rotatable bonds is 4. The van der Waals surface area contributed by atoms with Crippen molar-refractivity contribution in [2.45, 2.75) is 13.3 Å². The molecule has 0 saturated carbocycles. The van der Waals surface area contributed by atoms with Gasteiger partial charge in [0.05, 0.1) is 17.6 Å². The van der Waals surface area contributed by atoms with Gasteiger partial charge < -0.3 is 14.6 Å². The zero-order valence-electron chi connectivity index (χ0n) is 7.75. The number of carboxylic acids is 1. The molecule has 0 N–H and O–H groups in total. The van der Waals surface area contributed by atoms with Gasteiger partial charge in [0.25, 0.3) is 0 Å². The van der Waals surface area contributed by atoms with Crippen LogP contribution in [0, 0.1) is 0 Å². The maximum atomic E-state index is 10.5. The second-order valence-electron chi connectivity index (χ2n) is 2.78. The lowest BCUT2D eigenvalue weighted by molar-refractivity contribution is -0.255. The van der Waals surface area contributed by atoms with Gasteiger partial charge in [-0.3, -0.25) is 0 Å². The van der Waals surface area contributed by atoms with E-state index in [1.165, 1.54) is 18.2 Å². The van der Waals surface area contributed by atoms with Gasteiger partial charge in [-0.2, -0.15) is 0 Å². The van der Waals surface area contributed by atoms with Gasteiger partial charge in [-0.1, -0.05) is 24.6 Å². The second kappa shape index (κ2) is 4.86. The number of benzene rings is 1. The Hall–Kier alpha value is -1.22. The minimum absolute atomic E-state index is 0.0699. The lowest BCUT2D eigenvalue weighted by atomic mass is 10.2. The number of aromatic carboxylic acids is 1. The molecule has 1 rings (SSSR count). The minimum atomic E-state index is -1.23. The molecule has 76 valence electrons. The van der Waals surface area contributed by atoms with Crippen LogP contribution >= 0.6 is 11.6 Å². The molecule has 0 heterocycles. The molecular formula is C10H10ClO3-. The van der Waals surface area contributed by atoms with Crippen molar-refractivity contribution in [2.24, 2.45) is 0 Å². The van der Waals surface area contributed by atoms with Crippen LogP contribution < -0.4 is 9.84 Å². The molecule has 0 radical (unpaired) electrons. The highest BCUT2D eigenvalue weighted by atomic mass is 35.5. The first kappa shape index (κ1) is 10.9. The Labute approximate surface area is 87.3 Å². The molecule has 0 aliphatic heterocycles. The van der Waals surface area contributed by atoms with E-state index in [1.54, 1.807) is 0 Å². The third kappa shape index (κ3) is 2.64. The summed E-state index contributed by atoms with van der Waals surface area (Å²) in [5.41, 5.74) is 0.0699. The molecule has 4 heteroatoms. The van der Waals surface area contributed by atoms with Crippen LogP contribution in [0.2, 0.25) is 5.02 Å². The Morgan fingerprint density at radius 3 is 2.86 bits per heavy atom. The topological polar surface area (TPSA) is 49.4 Å². The van der Waals surface area contributed by atoms with E-state index in [0.29, 0.717) is 17.4 Å². The molecule has 1 aromatic rings. The highest BCUT2D eigenvalue weighted by Gasteiger charge is 2.03. The summed E-state index contributed by atoms with van der Waals surface area (Å²) in [7, 11) is 0. The van der Waals surface area contributed by atoms with Crippen LogP contribution in [0.1, 0.15) is 23.7 Å². The third-order valence-corrected chi connectivity index (χ3v) is 1.94. The van der Waals surface area contributed by atoms with Crippen molar-refractivity contribution in [3.8, 4) is 5.75 Å². The van der Waals surface area contributed by atoms with Gasteiger partial charge in [0.1, 0.15) is 5.75 Å². The number of hydrogen-bond donors (Lipinski definition) is 0. The van der Waals surface area contributed by atoms with E-state index >= 15 is 0 Å². The fourth-order valence-electron chi connectivity index (χ4n) is 0.953. The van der Waals surface area contributed by atoms with E-state index in [2.05, 4.69) is 0 Å². The normalized spacial score (nSPS) is 9.86. The molecule has 0 spiro atoms. The summed E-state index contributed by atoms with van der Waals surface area (Å²) in [6.07, 6.45) is 0.839. The van der Waals surface area contributed by atoms with Crippen LogP contribution in [0.4, 0.5) is 0 Å². The summed E-state index contributed by atoms with van der Waals surface area (Å²) in [5.74, 6) is -0.849. The predicted molar refractivity (Wildman–Crippen MR) is 51.6 cm³/mol. The summed E-state index contributed by atoms with van der Waals surface area (Å²) >= 11 is 5.80. The molecule has 0 atom stereocenters. The summed E-state index contributed by atoms with van der Waals surface area (Å²) in [4.78, 5) is 10.5. The summed E-state index contributed by atoms with van der Waals surface area (Å²) in [6.45, 7) is 2.47. The fraction of sp³-hybridized carbons (Fsp3) is 0.300. The molecule has 0 aromatic heterocycles. The zero-order chi connectivity index (χ0) is 10.6. The second-order valence-corrected chi connectivity index (χ2v) is 3.19. The van der Waals surface area contributed by atoms with Gasteiger partial charge in [0, 0.05) is 5.56 Å². The fourth-order valence-corrected chi connectivity index (χ4v) is 1.13. The molecule has 0 bridgehead atoms. The number of hydrogen-bond acceptors (Lipinski definition) is 3. The average molecular weight is 214 g/mol. The number of carbonyl (C=O) groups is 1. The molecular weight excluding hydrogens is 204 g/mol. The van der Waals surface area contributed by atoms with Gasteiger partial charge in [-0.15, -0.1) is 0 Å². The monoisotopic (exact) mass is 213 g/mol. The predicted octanol–water partition coefficient (Wildman–Crippen LogP) is 1.49. The van der Waals surface area contributed by atoms with Gasteiger partial charge in [0.15, 0.2) is 0 Å². The summed E-state index contributed by atoms with van der Waals surface area (Å²) in [6, 6.07) is 4.24. The van der Waals surface area contributed by atoms with Crippen LogP contribution in [0.15, 0.2) is 18.2 Å². The lowest BCUT2D eigenvalue weighted by Gasteiger charge is -2.09. The highest BCUT2D eigenvalue weighted by molar-refractivity contribution is 6.32. The number of ether oxygens (including phenoxy) is 1.